The number of hydrogen-bond acceptors (Lipinski definition) is 4. The molecule has 0 atom stereocenters. The molecule has 3 N–H and O–H groups in total. The van der Waals surface area contributed by atoms with E-state index in [-0.39, 0.29) is 49.0 Å². The first-order chi connectivity index (χ1) is 11.9. The van der Waals surface area contributed by atoms with Crippen LogP contribution in [0.15, 0.2) is 47.6 Å². The summed E-state index contributed by atoms with van der Waals surface area (Å²) in [7, 11) is 1.54. The Kier molecular flexibility index (Phi) is 8.42. The van der Waals surface area contributed by atoms with Gasteiger partial charge in [0.1, 0.15) is 12.4 Å². The molecule has 0 aliphatic heterocycles. The van der Waals surface area contributed by atoms with Crippen LogP contribution in [-0.2, 0) is 6.18 Å². The lowest BCUT2D eigenvalue weighted by atomic mass is 10.3. The van der Waals surface area contributed by atoms with Crippen LogP contribution in [0.25, 0.3) is 0 Å². The maximum absolute atomic E-state index is 12.4. The van der Waals surface area contributed by atoms with E-state index in [0.29, 0.717) is 11.4 Å². The Morgan fingerprint density at radius 2 is 1.96 bits per heavy atom. The van der Waals surface area contributed by atoms with Crippen molar-refractivity contribution >= 4 is 35.6 Å². The van der Waals surface area contributed by atoms with Crippen LogP contribution in [0.4, 0.5) is 18.9 Å². The van der Waals surface area contributed by atoms with Gasteiger partial charge in [-0.2, -0.15) is 13.2 Å². The molecule has 0 aliphatic rings. The minimum Gasteiger partial charge on any atom is -0.495 e. The van der Waals surface area contributed by atoms with Gasteiger partial charge in [0, 0.05) is 12.3 Å². The van der Waals surface area contributed by atoms with Crippen molar-refractivity contribution in [3.63, 3.8) is 0 Å². The second-order valence-corrected chi connectivity index (χ2v) is 4.82. The van der Waals surface area contributed by atoms with E-state index in [9.17, 15) is 13.2 Å². The summed E-state index contributed by atoms with van der Waals surface area (Å²) in [4.78, 5) is 7.66. The van der Waals surface area contributed by atoms with Crippen molar-refractivity contribution in [2.75, 3.05) is 25.6 Å². The predicted molar refractivity (Wildman–Crippen MR) is 103 cm³/mol. The van der Waals surface area contributed by atoms with E-state index >= 15 is 0 Å². The molecular weight excluding hydrogens is 464 g/mol. The van der Waals surface area contributed by atoms with Gasteiger partial charge in [0.15, 0.2) is 5.96 Å². The van der Waals surface area contributed by atoms with Gasteiger partial charge >= 0.3 is 6.18 Å². The second-order valence-electron chi connectivity index (χ2n) is 4.82. The van der Waals surface area contributed by atoms with E-state index in [4.69, 9.17) is 15.2 Å². The molecule has 0 fully saturated rings. The SMILES string of the molecule is COc1ccccc1NC(N)=NCCOc1ccc(C(F)(F)F)cn1.I. The topological polar surface area (TPSA) is 81.8 Å². The van der Waals surface area contributed by atoms with Crippen LogP contribution in [0.5, 0.6) is 11.6 Å². The van der Waals surface area contributed by atoms with Crippen LogP contribution in [-0.4, -0.2) is 31.2 Å². The Bertz CT molecular complexity index is 724. The Morgan fingerprint density at radius 3 is 2.58 bits per heavy atom. The Labute approximate surface area is 165 Å². The number of hydrogen-bond donors (Lipinski definition) is 2. The minimum atomic E-state index is -4.42. The molecule has 0 aliphatic carbocycles. The number of methoxy groups -OCH3 is 1. The Balaban J connectivity index is 0.00000338. The zero-order valence-electron chi connectivity index (χ0n) is 13.8. The summed E-state index contributed by atoms with van der Waals surface area (Å²) in [6, 6.07) is 9.25. The highest BCUT2D eigenvalue weighted by atomic mass is 127. The molecule has 0 saturated heterocycles. The highest BCUT2D eigenvalue weighted by Gasteiger charge is 2.30. The lowest BCUT2D eigenvalue weighted by Gasteiger charge is -2.10. The number of aromatic nitrogens is 1. The number of halogens is 4. The van der Waals surface area contributed by atoms with E-state index in [2.05, 4.69) is 15.3 Å². The summed E-state index contributed by atoms with van der Waals surface area (Å²) in [5.74, 6) is 0.860. The Morgan fingerprint density at radius 1 is 1.23 bits per heavy atom. The first kappa shape index (κ1) is 21.8. The number of para-hydroxylation sites is 2. The molecule has 0 saturated carbocycles. The van der Waals surface area contributed by atoms with E-state index < -0.39 is 11.7 Å². The molecule has 0 unspecified atom stereocenters. The zero-order chi connectivity index (χ0) is 18.3. The summed E-state index contributed by atoms with van der Waals surface area (Å²) < 4.78 is 47.7. The maximum Gasteiger partial charge on any atom is 0.417 e. The van der Waals surface area contributed by atoms with Gasteiger partial charge in [-0.05, 0) is 18.2 Å². The summed E-state index contributed by atoms with van der Waals surface area (Å²) in [5.41, 5.74) is 5.60. The number of aliphatic imine (C=N–C) groups is 1. The first-order valence-corrected chi connectivity index (χ1v) is 7.26. The van der Waals surface area contributed by atoms with Crippen molar-refractivity contribution < 1.29 is 22.6 Å². The maximum atomic E-state index is 12.4. The number of pyridine rings is 1. The third-order valence-corrected chi connectivity index (χ3v) is 3.06. The van der Waals surface area contributed by atoms with Gasteiger partial charge in [-0.1, -0.05) is 12.1 Å². The van der Waals surface area contributed by atoms with Crippen molar-refractivity contribution in [2.24, 2.45) is 10.7 Å². The van der Waals surface area contributed by atoms with Crippen molar-refractivity contribution in [1.29, 1.82) is 0 Å². The molecule has 1 heterocycles. The molecule has 0 amide bonds. The largest absolute Gasteiger partial charge is 0.495 e. The van der Waals surface area contributed by atoms with Gasteiger partial charge in [0.2, 0.25) is 5.88 Å². The fraction of sp³-hybridized carbons (Fsp3) is 0.250. The fourth-order valence-electron chi connectivity index (χ4n) is 1.88. The molecule has 1 aromatic heterocycles. The monoisotopic (exact) mass is 482 g/mol. The number of nitrogens with one attached hydrogen (secondary N) is 1. The molecule has 26 heavy (non-hydrogen) atoms. The Hall–Kier alpha value is -2.24. The van der Waals surface area contributed by atoms with Gasteiger partial charge in [0.05, 0.1) is 24.9 Å². The van der Waals surface area contributed by atoms with E-state index in [0.717, 1.165) is 18.3 Å². The minimum absolute atomic E-state index is 0. The van der Waals surface area contributed by atoms with Crippen LogP contribution < -0.4 is 20.5 Å². The number of nitrogens with zero attached hydrogens (tertiary/aromatic N) is 2. The molecule has 0 spiro atoms. The van der Waals surface area contributed by atoms with Gasteiger partial charge in [-0.15, -0.1) is 24.0 Å². The molecule has 1 aromatic carbocycles. The summed E-state index contributed by atoms with van der Waals surface area (Å²) >= 11 is 0. The smallest absolute Gasteiger partial charge is 0.417 e. The third-order valence-electron chi connectivity index (χ3n) is 3.06. The normalized spacial score (nSPS) is 11.5. The van der Waals surface area contributed by atoms with Crippen molar-refractivity contribution in [3.8, 4) is 11.6 Å². The molecule has 6 nitrogen and oxygen atoms in total. The second kappa shape index (κ2) is 10.0. The quantitative estimate of drug-likeness (QED) is 0.285. The van der Waals surface area contributed by atoms with Crippen LogP contribution in [0.3, 0.4) is 0 Å². The van der Waals surface area contributed by atoms with Crippen LogP contribution in [0.1, 0.15) is 5.56 Å². The first-order valence-electron chi connectivity index (χ1n) is 7.26. The molecule has 10 heteroatoms. The van der Waals surface area contributed by atoms with Crippen LogP contribution in [0, 0.1) is 0 Å². The third kappa shape index (κ3) is 6.58. The summed E-state index contributed by atoms with van der Waals surface area (Å²) in [5, 5.41) is 2.89. The van der Waals surface area contributed by atoms with Crippen molar-refractivity contribution in [2.45, 2.75) is 6.18 Å². The molecular formula is C16H18F3IN4O2. The summed E-state index contributed by atoms with van der Waals surface area (Å²) in [6.45, 7) is 0.323. The van der Waals surface area contributed by atoms with Crippen LogP contribution >= 0.6 is 24.0 Å². The fourth-order valence-corrected chi connectivity index (χ4v) is 1.88. The molecule has 0 radical (unpaired) electrons. The number of benzene rings is 1. The van der Waals surface area contributed by atoms with E-state index in [1.54, 1.807) is 19.2 Å². The van der Waals surface area contributed by atoms with Crippen molar-refractivity contribution in [3.05, 3.63) is 48.2 Å². The molecule has 2 rings (SSSR count). The zero-order valence-corrected chi connectivity index (χ0v) is 16.1. The number of ether oxygens (including phenoxy) is 2. The average molecular weight is 482 g/mol. The molecule has 0 bridgehead atoms. The van der Waals surface area contributed by atoms with Crippen molar-refractivity contribution in [1.82, 2.24) is 4.98 Å². The van der Waals surface area contributed by atoms with E-state index in [1.165, 1.54) is 0 Å². The number of rotatable bonds is 6. The van der Waals surface area contributed by atoms with Gasteiger partial charge in [-0.3, -0.25) is 0 Å². The van der Waals surface area contributed by atoms with Gasteiger partial charge in [0.25, 0.3) is 0 Å². The lowest BCUT2D eigenvalue weighted by Crippen LogP contribution is -2.24. The standard InChI is InChI=1S/C16H17F3N4O2.HI/c1-24-13-5-3-2-4-12(13)23-15(20)21-8-9-25-14-7-6-11(10-22-14)16(17,18)19;/h2-7,10H,8-9H2,1H3,(H3,20,21,23);1H. The van der Waals surface area contributed by atoms with Gasteiger partial charge in [-0.25, -0.2) is 9.98 Å². The molecule has 142 valence electrons. The number of guanidine groups is 1. The van der Waals surface area contributed by atoms with Gasteiger partial charge < -0.3 is 20.5 Å². The number of nitrogens with two attached hydrogens (primary N) is 1. The number of anilines is 1. The summed E-state index contributed by atoms with van der Waals surface area (Å²) in [6.07, 6.45) is -3.70. The highest BCUT2D eigenvalue weighted by molar-refractivity contribution is 14.0. The average Bonchev–Trinajstić information content (AvgIpc) is 2.59. The number of alkyl halides is 3. The van der Waals surface area contributed by atoms with Crippen LogP contribution in [0.2, 0.25) is 0 Å². The lowest BCUT2D eigenvalue weighted by molar-refractivity contribution is -0.137. The molecule has 2 aromatic rings. The predicted octanol–water partition coefficient (Wildman–Crippen LogP) is 3.53. The highest BCUT2D eigenvalue weighted by Crippen LogP contribution is 2.29. The van der Waals surface area contributed by atoms with E-state index in [1.807, 2.05) is 12.1 Å².